The van der Waals surface area contributed by atoms with Crippen LogP contribution >= 0.6 is 0 Å². The van der Waals surface area contributed by atoms with Crippen molar-refractivity contribution in [2.45, 2.75) is 37.8 Å². The van der Waals surface area contributed by atoms with Crippen LogP contribution in [0, 0.1) is 11.3 Å². The Morgan fingerprint density at radius 2 is 1.90 bits per heavy atom. The molecular formula is C22H25N7O2. The van der Waals surface area contributed by atoms with E-state index in [0.717, 1.165) is 42.7 Å². The molecule has 1 fully saturated rings. The second-order valence-corrected chi connectivity index (χ2v) is 7.40. The van der Waals surface area contributed by atoms with Crippen molar-refractivity contribution < 1.29 is 9.47 Å². The van der Waals surface area contributed by atoms with Gasteiger partial charge in [0.05, 0.1) is 36.9 Å². The first kappa shape index (κ1) is 20.6. The largest absolute Gasteiger partial charge is 0.496 e. The van der Waals surface area contributed by atoms with Gasteiger partial charge in [-0.15, -0.1) is 0 Å². The lowest BCUT2D eigenvalue weighted by Gasteiger charge is -2.29. The Bertz CT molecular complexity index is 1050. The molecule has 9 nitrogen and oxygen atoms in total. The molecule has 31 heavy (non-hydrogen) atoms. The highest BCUT2D eigenvalue weighted by atomic mass is 16.5. The number of nitrogens with zero attached hydrogens (tertiary/aromatic N) is 4. The Hall–Kier alpha value is -3.64. The van der Waals surface area contributed by atoms with Gasteiger partial charge in [-0.3, -0.25) is 5.10 Å². The Labute approximate surface area is 180 Å². The van der Waals surface area contributed by atoms with Gasteiger partial charge >= 0.3 is 0 Å². The quantitative estimate of drug-likeness (QED) is 0.533. The van der Waals surface area contributed by atoms with E-state index in [4.69, 9.17) is 14.7 Å². The van der Waals surface area contributed by atoms with Crippen LogP contribution in [0.5, 0.6) is 11.5 Å². The van der Waals surface area contributed by atoms with Crippen molar-refractivity contribution in [1.82, 2.24) is 25.5 Å². The fourth-order valence-corrected chi connectivity index (χ4v) is 3.79. The number of methoxy groups -OCH3 is 1. The molecule has 1 saturated carbocycles. The van der Waals surface area contributed by atoms with Crippen LogP contribution in [0.2, 0.25) is 0 Å². The van der Waals surface area contributed by atoms with Crippen LogP contribution in [0.3, 0.4) is 0 Å². The summed E-state index contributed by atoms with van der Waals surface area (Å²) >= 11 is 0. The van der Waals surface area contributed by atoms with Gasteiger partial charge in [-0.25, -0.2) is 9.97 Å². The predicted octanol–water partition coefficient (Wildman–Crippen LogP) is 3.40. The van der Waals surface area contributed by atoms with E-state index in [0.29, 0.717) is 23.4 Å². The van der Waals surface area contributed by atoms with E-state index < -0.39 is 0 Å². The molecule has 0 bridgehead atoms. The maximum Gasteiger partial charge on any atom is 0.158 e. The number of anilines is 2. The van der Waals surface area contributed by atoms with E-state index >= 15 is 0 Å². The van der Waals surface area contributed by atoms with Crippen LogP contribution in [0.1, 0.15) is 31.4 Å². The highest BCUT2D eigenvalue weighted by Crippen LogP contribution is 2.39. The van der Waals surface area contributed by atoms with E-state index in [1.54, 1.807) is 7.11 Å². The Kier molecular flexibility index (Phi) is 6.29. The van der Waals surface area contributed by atoms with Crippen molar-refractivity contribution in [3.63, 3.8) is 0 Å². The molecule has 0 saturated heterocycles. The number of hydrogen-bond donors (Lipinski definition) is 3. The Balaban J connectivity index is 1.55. The molecule has 4 rings (SSSR count). The number of aromatic nitrogens is 4. The van der Waals surface area contributed by atoms with Gasteiger partial charge in [0, 0.05) is 12.1 Å². The second-order valence-electron chi connectivity index (χ2n) is 7.40. The van der Waals surface area contributed by atoms with Crippen LogP contribution in [0.25, 0.3) is 11.3 Å². The molecule has 1 aliphatic carbocycles. The van der Waals surface area contributed by atoms with Gasteiger partial charge in [0.25, 0.3) is 0 Å². The minimum atomic E-state index is 0.171. The number of benzene rings is 1. The molecular weight excluding hydrogens is 394 g/mol. The molecule has 1 aliphatic rings. The number of ether oxygens (including phenoxy) is 2. The topological polar surface area (TPSA) is 121 Å². The monoisotopic (exact) mass is 419 g/mol. The van der Waals surface area contributed by atoms with Gasteiger partial charge in [0.1, 0.15) is 23.4 Å². The van der Waals surface area contributed by atoms with E-state index in [2.05, 4.69) is 30.8 Å². The summed E-state index contributed by atoms with van der Waals surface area (Å²) < 4.78 is 12.0. The molecule has 0 spiro atoms. The lowest BCUT2D eigenvalue weighted by atomic mass is 9.93. The molecule has 3 N–H and O–H groups in total. The van der Waals surface area contributed by atoms with Crippen molar-refractivity contribution in [3.05, 3.63) is 42.4 Å². The van der Waals surface area contributed by atoms with Gasteiger partial charge in [0.2, 0.25) is 0 Å². The highest BCUT2D eigenvalue weighted by molar-refractivity contribution is 5.76. The van der Waals surface area contributed by atoms with Gasteiger partial charge < -0.3 is 20.1 Å². The van der Waals surface area contributed by atoms with Gasteiger partial charge in [0.15, 0.2) is 11.5 Å². The molecule has 3 aromatic rings. The number of H-pyrrole nitrogens is 1. The van der Waals surface area contributed by atoms with E-state index in [1.165, 1.54) is 12.4 Å². The minimum absolute atomic E-state index is 0.171. The number of nitrogens with one attached hydrogen (secondary N) is 3. The lowest BCUT2D eigenvalue weighted by molar-refractivity contribution is 0.142. The second kappa shape index (κ2) is 9.45. The van der Waals surface area contributed by atoms with Crippen LogP contribution in [0.4, 0.5) is 11.6 Å². The molecule has 1 aromatic carbocycles. The third-order valence-corrected chi connectivity index (χ3v) is 5.45. The Morgan fingerprint density at radius 3 is 2.58 bits per heavy atom. The smallest absolute Gasteiger partial charge is 0.158 e. The fraction of sp³-hybridized carbons (Fsp3) is 0.364. The summed E-state index contributed by atoms with van der Waals surface area (Å²) in [5.74, 6) is 2.53. The summed E-state index contributed by atoms with van der Waals surface area (Å²) in [4.78, 5) is 8.17. The zero-order valence-corrected chi connectivity index (χ0v) is 17.6. The van der Waals surface area contributed by atoms with Crippen LogP contribution in [-0.2, 0) is 0 Å². The number of rotatable bonds is 7. The molecule has 9 heteroatoms. The van der Waals surface area contributed by atoms with E-state index in [9.17, 15) is 0 Å². The normalized spacial score (nSPS) is 18.2. The maximum atomic E-state index is 8.85. The van der Waals surface area contributed by atoms with Crippen molar-refractivity contribution >= 4 is 11.6 Å². The average Bonchev–Trinajstić information content (AvgIpc) is 3.27. The molecule has 2 aromatic heterocycles. The zero-order chi connectivity index (χ0) is 21.6. The minimum Gasteiger partial charge on any atom is -0.496 e. The number of nitriles is 1. The van der Waals surface area contributed by atoms with E-state index in [-0.39, 0.29) is 11.8 Å². The molecule has 0 aliphatic heterocycles. The number of aromatic amines is 1. The fourth-order valence-electron chi connectivity index (χ4n) is 3.79. The first-order chi connectivity index (χ1) is 15.2. The molecule has 0 radical (unpaired) electrons. The maximum absolute atomic E-state index is 8.85. The SMILES string of the molecule is CN[C@H]1CC[C@H](Oc2cccc(OC)c2-c2cc(Nc3cnc(C#N)cn3)n[nH]2)CC1. The molecule has 0 unspecified atom stereocenters. The third kappa shape index (κ3) is 4.75. The van der Waals surface area contributed by atoms with Crippen LogP contribution in [-0.4, -0.2) is 46.5 Å². The van der Waals surface area contributed by atoms with Gasteiger partial charge in [-0.2, -0.15) is 10.4 Å². The van der Waals surface area contributed by atoms with Gasteiger partial charge in [-0.05, 0) is 44.9 Å². The van der Waals surface area contributed by atoms with E-state index in [1.807, 2.05) is 37.4 Å². The van der Waals surface area contributed by atoms with Crippen molar-refractivity contribution in [2.75, 3.05) is 19.5 Å². The summed E-state index contributed by atoms with van der Waals surface area (Å²) in [5, 5.41) is 22.7. The van der Waals surface area contributed by atoms with Gasteiger partial charge in [-0.1, -0.05) is 6.07 Å². The van der Waals surface area contributed by atoms with Crippen molar-refractivity contribution in [2.24, 2.45) is 0 Å². The molecule has 160 valence electrons. The number of hydrogen-bond acceptors (Lipinski definition) is 8. The first-order valence-corrected chi connectivity index (χ1v) is 10.3. The summed E-state index contributed by atoms with van der Waals surface area (Å²) in [5.41, 5.74) is 1.85. The standard InChI is InChI=1S/C22H25N7O2/c1-24-14-6-8-16(9-7-14)31-19-5-3-4-18(30-2)22(19)17-10-20(29-28-17)27-21-13-25-15(11-23)12-26-21/h3-5,10,12-14,16,24H,6-9H2,1-2H3,(H2,26,27,28,29)/t14-,16-. The first-order valence-electron chi connectivity index (χ1n) is 10.3. The molecule has 2 heterocycles. The zero-order valence-electron chi connectivity index (χ0n) is 17.6. The predicted molar refractivity (Wildman–Crippen MR) is 116 cm³/mol. The molecule has 0 atom stereocenters. The molecule has 0 amide bonds. The van der Waals surface area contributed by atoms with Crippen molar-refractivity contribution in [3.8, 4) is 28.8 Å². The highest BCUT2D eigenvalue weighted by Gasteiger charge is 2.24. The van der Waals surface area contributed by atoms with Crippen molar-refractivity contribution in [1.29, 1.82) is 5.26 Å². The van der Waals surface area contributed by atoms with Crippen LogP contribution in [0.15, 0.2) is 36.7 Å². The average molecular weight is 419 g/mol. The summed E-state index contributed by atoms with van der Waals surface area (Å²) in [6.07, 6.45) is 7.29. The Morgan fingerprint density at radius 1 is 1.10 bits per heavy atom. The third-order valence-electron chi connectivity index (χ3n) is 5.45. The summed E-state index contributed by atoms with van der Waals surface area (Å²) in [6.45, 7) is 0. The summed E-state index contributed by atoms with van der Waals surface area (Å²) in [7, 11) is 3.65. The van der Waals surface area contributed by atoms with Crippen LogP contribution < -0.4 is 20.1 Å². The summed E-state index contributed by atoms with van der Waals surface area (Å²) in [6, 6.07) is 10.2. The lowest BCUT2D eigenvalue weighted by Crippen LogP contribution is -2.34.